The van der Waals surface area contributed by atoms with Gasteiger partial charge >= 0.3 is 0 Å². The summed E-state index contributed by atoms with van der Waals surface area (Å²) in [6.45, 7) is 10.1. The van der Waals surface area contributed by atoms with Crippen molar-refractivity contribution in [1.29, 1.82) is 0 Å². The molecule has 0 saturated carbocycles. The van der Waals surface area contributed by atoms with Crippen LogP contribution in [-0.4, -0.2) is 49.1 Å². The maximum absolute atomic E-state index is 6.05. The van der Waals surface area contributed by atoms with E-state index in [0.717, 1.165) is 31.2 Å². The average molecular weight is 316 g/mol. The lowest BCUT2D eigenvalue weighted by Crippen LogP contribution is -2.33. The highest BCUT2D eigenvalue weighted by Gasteiger charge is 2.21. The van der Waals surface area contributed by atoms with Gasteiger partial charge in [0, 0.05) is 25.7 Å². The van der Waals surface area contributed by atoms with Crippen LogP contribution >= 0.6 is 0 Å². The summed E-state index contributed by atoms with van der Waals surface area (Å²) in [6, 6.07) is 7.43. The SMILES string of the molecule is CC(C)CN1CCc2ccc(OCCC3CCCN3C)cc2C1. The molecule has 1 aromatic carbocycles. The summed E-state index contributed by atoms with van der Waals surface area (Å²) in [4.78, 5) is 5.05. The van der Waals surface area contributed by atoms with Crippen molar-refractivity contribution < 1.29 is 4.74 Å². The van der Waals surface area contributed by atoms with Crippen molar-refractivity contribution in [1.82, 2.24) is 9.80 Å². The van der Waals surface area contributed by atoms with E-state index in [1.165, 1.54) is 50.0 Å². The summed E-state index contributed by atoms with van der Waals surface area (Å²) in [5, 5.41) is 0. The van der Waals surface area contributed by atoms with Crippen LogP contribution in [0, 0.1) is 5.92 Å². The number of hydrogen-bond acceptors (Lipinski definition) is 3. The number of likely N-dealkylation sites (tertiary alicyclic amines) is 1. The first kappa shape index (κ1) is 16.8. The van der Waals surface area contributed by atoms with Crippen LogP contribution in [0.1, 0.15) is 44.2 Å². The molecule has 23 heavy (non-hydrogen) atoms. The van der Waals surface area contributed by atoms with E-state index in [-0.39, 0.29) is 0 Å². The Hall–Kier alpha value is -1.06. The molecule has 2 aliphatic rings. The standard InChI is InChI=1S/C20H32N2O/c1-16(2)14-22-11-8-17-6-7-20(13-18(17)15-22)23-12-9-19-5-4-10-21(19)3/h6-7,13,16,19H,4-5,8-12,14-15H2,1-3H3. The van der Waals surface area contributed by atoms with E-state index >= 15 is 0 Å². The Morgan fingerprint density at radius 2 is 2.09 bits per heavy atom. The molecule has 1 aromatic rings. The third-order valence-electron chi connectivity index (χ3n) is 5.28. The van der Waals surface area contributed by atoms with Crippen LogP contribution in [0.15, 0.2) is 18.2 Å². The Morgan fingerprint density at radius 1 is 1.22 bits per heavy atom. The van der Waals surface area contributed by atoms with Crippen LogP contribution in [0.2, 0.25) is 0 Å². The molecule has 2 heterocycles. The molecule has 3 nitrogen and oxygen atoms in total. The van der Waals surface area contributed by atoms with Crippen molar-refractivity contribution >= 4 is 0 Å². The molecule has 1 saturated heterocycles. The van der Waals surface area contributed by atoms with Gasteiger partial charge in [-0.05, 0) is 68.5 Å². The first-order chi connectivity index (χ1) is 11.1. The molecule has 0 aromatic heterocycles. The van der Waals surface area contributed by atoms with E-state index in [4.69, 9.17) is 4.74 Å². The Balaban J connectivity index is 1.53. The molecule has 2 aliphatic heterocycles. The Morgan fingerprint density at radius 3 is 2.83 bits per heavy atom. The van der Waals surface area contributed by atoms with Gasteiger partial charge in [0.05, 0.1) is 6.61 Å². The molecule has 3 heteroatoms. The zero-order chi connectivity index (χ0) is 16.2. The zero-order valence-corrected chi connectivity index (χ0v) is 15.1. The summed E-state index contributed by atoms with van der Waals surface area (Å²) in [5.74, 6) is 1.79. The smallest absolute Gasteiger partial charge is 0.119 e. The van der Waals surface area contributed by atoms with Gasteiger partial charge in [0.2, 0.25) is 0 Å². The van der Waals surface area contributed by atoms with E-state index < -0.39 is 0 Å². The van der Waals surface area contributed by atoms with Gasteiger partial charge in [0.25, 0.3) is 0 Å². The molecular weight excluding hydrogens is 284 g/mol. The first-order valence-electron chi connectivity index (χ1n) is 9.29. The molecule has 0 amide bonds. The van der Waals surface area contributed by atoms with E-state index in [2.05, 4.69) is 48.9 Å². The Kier molecular flexibility index (Phi) is 5.60. The molecular formula is C20H32N2O. The highest BCUT2D eigenvalue weighted by molar-refractivity contribution is 5.37. The number of benzene rings is 1. The van der Waals surface area contributed by atoms with Gasteiger partial charge in [-0.25, -0.2) is 0 Å². The molecule has 3 rings (SSSR count). The summed E-state index contributed by atoms with van der Waals surface area (Å²) < 4.78 is 6.05. The third kappa shape index (κ3) is 4.48. The van der Waals surface area contributed by atoms with Crippen LogP contribution in [0.3, 0.4) is 0 Å². The predicted octanol–water partition coefficient (Wildman–Crippen LogP) is 3.56. The van der Waals surface area contributed by atoms with Crippen LogP contribution in [-0.2, 0) is 13.0 Å². The second-order valence-corrected chi connectivity index (χ2v) is 7.72. The second kappa shape index (κ2) is 7.67. The molecule has 0 bridgehead atoms. The number of hydrogen-bond donors (Lipinski definition) is 0. The number of ether oxygens (including phenoxy) is 1. The minimum atomic E-state index is 0.717. The fraction of sp³-hybridized carbons (Fsp3) is 0.700. The van der Waals surface area contributed by atoms with Crippen molar-refractivity contribution in [2.24, 2.45) is 5.92 Å². The van der Waals surface area contributed by atoms with Gasteiger partial charge in [-0.15, -0.1) is 0 Å². The fourth-order valence-corrected chi connectivity index (χ4v) is 4.01. The van der Waals surface area contributed by atoms with E-state index in [9.17, 15) is 0 Å². The van der Waals surface area contributed by atoms with Gasteiger partial charge < -0.3 is 9.64 Å². The summed E-state index contributed by atoms with van der Waals surface area (Å²) in [7, 11) is 2.24. The fourth-order valence-electron chi connectivity index (χ4n) is 4.01. The topological polar surface area (TPSA) is 15.7 Å². The van der Waals surface area contributed by atoms with E-state index in [1.54, 1.807) is 0 Å². The maximum atomic E-state index is 6.05. The highest BCUT2D eigenvalue weighted by Crippen LogP contribution is 2.25. The monoisotopic (exact) mass is 316 g/mol. The van der Waals surface area contributed by atoms with Crippen molar-refractivity contribution in [3.63, 3.8) is 0 Å². The lowest BCUT2D eigenvalue weighted by molar-refractivity contribution is 0.223. The average Bonchev–Trinajstić information content (AvgIpc) is 2.92. The molecule has 128 valence electrons. The van der Waals surface area contributed by atoms with E-state index in [1.807, 2.05) is 0 Å². The van der Waals surface area contributed by atoms with Gasteiger partial charge in [0.15, 0.2) is 0 Å². The number of nitrogens with zero attached hydrogens (tertiary/aromatic N) is 2. The van der Waals surface area contributed by atoms with Crippen LogP contribution in [0.5, 0.6) is 5.75 Å². The molecule has 0 aliphatic carbocycles. The normalized spacial score (nSPS) is 22.5. The van der Waals surface area contributed by atoms with Crippen LogP contribution < -0.4 is 4.74 Å². The van der Waals surface area contributed by atoms with Crippen LogP contribution in [0.25, 0.3) is 0 Å². The zero-order valence-electron chi connectivity index (χ0n) is 15.1. The lowest BCUT2D eigenvalue weighted by atomic mass is 9.98. The van der Waals surface area contributed by atoms with Crippen molar-refractivity contribution in [3.8, 4) is 5.75 Å². The van der Waals surface area contributed by atoms with E-state index in [0.29, 0.717) is 6.04 Å². The van der Waals surface area contributed by atoms with Gasteiger partial charge in [0.1, 0.15) is 5.75 Å². The van der Waals surface area contributed by atoms with Crippen molar-refractivity contribution in [3.05, 3.63) is 29.3 Å². The predicted molar refractivity (Wildman–Crippen MR) is 96.0 cm³/mol. The maximum Gasteiger partial charge on any atom is 0.119 e. The van der Waals surface area contributed by atoms with Crippen molar-refractivity contribution in [2.45, 2.75) is 52.1 Å². The minimum absolute atomic E-state index is 0.717. The number of rotatable bonds is 6. The quantitative estimate of drug-likeness (QED) is 0.798. The molecule has 0 spiro atoms. The summed E-state index contributed by atoms with van der Waals surface area (Å²) >= 11 is 0. The lowest BCUT2D eigenvalue weighted by Gasteiger charge is -2.30. The largest absolute Gasteiger partial charge is 0.494 e. The van der Waals surface area contributed by atoms with Gasteiger partial charge in [-0.3, -0.25) is 4.90 Å². The van der Waals surface area contributed by atoms with Gasteiger partial charge in [-0.2, -0.15) is 0 Å². The number of fused-ring (bicyclic) bond motifs is 1. The second-order valence-electron chi connectivity index (χ2n) is 7.72. The third-order valence-corrected chi connectivity index (χ3v) is 5.28. The first-order valence-corrected chi connectivity index (χ1v) is 9.29. The summed E-state index contributed by atoms with van der Waals surface area (Å²) in [5.41, 5.74) is 2.97. The van der Waals surface area contributed by atoms with Crippen molar-refractivity contribution in [2.75, 3.05) is 33.3 Å². The minimum Gasteiger partial charge on any atom is -0.494 e. The summed E-state index contributed by atoms with van der Waals surface area (Å²) in [6.07, 6.45) is 4.99. The molecule has 0 N–H and O–H groups in total. The molecule has 1 atom stereocenters. The molecule has 1 fully saturated rings. The van der Waals surface area contributed by atoms with Crippen LogP contribution in [0.4, 0.5) is 0 Å². The van der Waals surface area contributed by atoms with Gasteiger partial charge in [-0.1, -0.05) is 19.9 Å². The molecule has 0 radical (unpaired) electrons. The highest BCUT2D eigenvalue weighted by atomic mass is 16.5. The molecule has 1 unspecified atom stereocenters. The Bertz CT molecular complexity index is 514. The Labute approximate surface area is 141 Å².